The van der Waals surface area contributed by atoms with Gasteiger partial charge >= 0.3 is 5.97 Å². The highest BCUT2D eigenvalue weighted by Gasteiger charge is 2.43. The van der Waals surface area contributed by atoms with Crippen molar-refractivity contribution in [2.24, 2.45) is 0 Å². The van der Waals surface area contributed by atoms with Gasteiger partial charge < -0.3 is 10.4 Å². The lowest BCUT2D eigenvalue weighted by Gasteiger charge is -2.34. The Labute approximate surface area is 89.6 Å². The number of aliphatic carboxylic acids is 1. The Bertz CT molecular complexity index is 200. The number of carboxylic acid groups (broad SMARTS) is 1. The molecule has 0 amide bonds. The van der Waals surface area contributed by atoms with Crippen LogP contribution >= 0.6 is 11.8 Å². The van der Waals surface area contributed by atoms with Crippen LogP contribution in [0.25, 0.3) is 0 Å². The zero-order valence-electron chi connectivity index (χ0n) is 8.88. The second kappa shape index (κ2) is 5.03. The van der Waals surface area contributed by atoms with Crippen molar-refractivity contribution in [3.63, 3.8) is 0 Å². The van der Waals surface area contributed by atoms with Crippen LogP contribution in [0.4, 0.5) is 0 Å². The van der Waals surface area contributed by atoms with Gasteiger partial charge in [-0.05, 0) is 25.6 Å². The summed E-state index contributed by atoms with van der Waals surface area (Å²) in [6.07, 6.45) is 5.98. The van der Waals surface area contributed by atoms with E-state index >= 15 is 0 Å². The molecule has 0 bridgehead atoms. The fourth-order valence-corrected chi connectivity index (χ4v) is 2.71. The predicted octanol–water partition coefficient (Wildman–Crippen LogP) is 1.72. The first-order chi connectivity index (χ1) is 6.63. The zero-order valence-corrected chi connectivity index (χ0v) is 9.69. The zero-order chi connectivity index (χ0) is 10.6. The quantitative estimate of drug-likeness (QED) is 0.756. The van der Waals surface area contributed by atoms with Crippen LogP contribution in [0.2, 0.25) is 0 Å². The molecule has 2 atom stereocenters. The lowest BCUT2D eigenvalue weighted by atomic mass is 9.90. The van der Waals surface area contributed by atoms with E-state index < -0.39 is 11.5 Å². The van der Waals surface area contributed by atoms with Gasteiger partial charge in [-0.2, -0.15) is 11.8 Å². The normalized spacial score (nSPS) is 30.7. The van der Waals surface area contributed by atoms with Crippen molar-refractivity contribution in [2.45, 2.75) is 43.4 Å². The van der Waals surface area contributed by atoms with Gasteiger partial charge in [0.15, 0.2) is 0 Å². The molecule has 82 valence electrons. The summed E-state index contributed by atoms with van der Waals surface area (Å²) in [7, 11) is 0. The van der Waals surface area contributed by atoms with E-state index in [2.05, 4.69) is 5.32 Å². The van der Waals surface area contributed by atoms with Crippen molar-refractivity contribution in [3.05, 3.63) is 0 Å². The van der Waals surface area contributed by atoms with E-state index in [0.29, 0.717) is 0 Å². The Hall–Kier alpha value is -0.220. The molecule has 2 N–H and O–H groups in total. The van der Waals surface area contributed by atoms with Gasteiger partial charge in [-0.3, -0.25) is 4.79 Å². The fourth-order valence-electron chi connectivity index (χ4n) is 2.01. The molecule has 0 radical (unpaired) electrons. The molecule has 1 fully saturated rings. The van der Waals surface area contributed by atoms with Crippen molar-refractivity contribution < 1.29 is 9.90 Å². The van der Waals surface area contributed by atoms with E-state index in [-0.39, 0.29) is 5.25 Å². The third-order valence-corrected chi connectivity index (χ3v) is 4.23. The maximum atomic E-state index is 11.4. The van der Waals surface area contributed by atoms with Crippen molar-refractivity contribution in [2.75, 3.05) is 12.8 Å². The van der Waals surface area contributed by atoms with Gasteiger partial charge in [-0.25, -0.2) is 0 Å². The summed E-state index contributed by atoms with van der Waals surface area (Å²) < 4.78 is 0. The second-order valence-corrected chi connectivity index (χ2v) is 5.07. The first kappa shape index (κ1) is 11.9. The van der Waals surface area contributed by atoms with Crippen molar-refractivity contribution >= 4 is 17.7 Å². The minimum atomic E-state index is -0.698. The highest BCUT2D eigenvalue weighted by molar-refractivity contribution is 7.99. The maximum Gasteiger partial charge on any atom is 0.325 e. The van der Waals surface area contributed by atoms with Gasteiger partial charge in [0.25, 0.3) is 0 Å². The number of carboxylic acids is 1. The molecule has 0 aromatic carbocycles. The van der Waals surface area contributed by atoms with Crippen LogP contribution in [0.3, 0.4) is 0 Å². The van der Waals surface area contributed by atoms with Gasteiger partial charge in [0.2, 0.25) is 0 Å². The van der Waals surface area contributed by atoms with E-state index in [4.69, 9.17) is 0 Å². The molecular formula is C10H19NO2S. The third kappa shape index (κ3) is 2.23. The molecule has 0 aliphatic carbocycles. The summed E-state index contributed by atoms with van der Waals surface area (Å²) in [5, 5.41) is 12.7. The third-order valence-electron chi connectivity index (χ3n) is 3.12. The van der Waals surface area contributed by atoms with Crippen molar-refractivity contribution in [3.8, 4) is 0 Å². The summed E-state index contributed by atoms with van der Waals surface area (Å²) in [6, 6.07) is 0. The molecular weight excluding hydrogens is 198 g/mol. The summed E-state index contributed by atoms with van der Waals surface area (Å²) in [5.74, 6) is -0.693. The number of thioether (sulfide) groups is 1. The average Bonchev–Trinajstić information content (AvgIpc) is 2.42. The Morgan fingerprint density at radius 3 is 2.79 bits per heavy atom. The van der Waals surface area contributed by atoms with E-state index in [9.17, 15) is 9.90 Å². The number of rotatable bonds is 3. The van der Waals surface area contributed by atoms with Gasteiger partial charge in [-0.15, -0.1) is 0 Å². The first-order valence-electron chi connectivity index (χ1n) is 5.14. The Balaban J connectivity index is 2.83. The Morgan fingerprint density at radius 1 is 1.50 bits per heavy atom. The lowest BCUT2D eigenvalue weighted by Crippen LogP contribution is -2.57. The number of hydrogen-bond donors (Lipinski definition) is 2. The molecule has 4 heteroatoms. The molecule has 0 aromatic rings. The monoisotopic (exact) mass is 217 g/mol. The van der Waals surface area contributed by atoms with Crippen molar-refractivity contribution in [1.82, 2.24) is 5.32 Å². The van der Waals surface area contributed by atoms with Crippen LogP contribution in [-0.4, -0.2) is 34.7 Å². The summed E-state index contributed by atoms with van der Waals surface area (Å²) in [6.45, 7) is 2.83. The van der Waals surface area contributed by atoms with E-state index in [1.807, 2.05) is 13.2 Å². The van der Waals surface area contributed by atoms with Crippen LogP contribution in [-0.2, 0) is 4.79 Å². The second-order valence-electron chi connectivity index (χ2n) is 3.89. The van der Waals surface area contributed by atoms with Gasteiger partial charge in [0, 0.05) is 5.25 Å². The predicted molar refractivity (Wildman–Crippen MR) is 59.8 cm³/mol. The van der Waals surface area contributed by atoms with Gasteiger partial charge in [0.1, 0.15) is 5.54 Å². The van der Waals surface area contributed by atoms with Crippen molar-refractivity contribution in [1.29, 1.82) is 0 Å². The Morgan fingerprint density at radius 2 is 2.21 bits per heavy atom. The molecule has 1 aliphatic rings. The fraction of sp³-hybridized carbons (Fsp3) is 0.900. The van der Waals surface area contributed by atoms with Crippen LogP contribution in [0, 0.1) is 0 Å². The molecule has 1 saturated heterocycles. The molecule has 14 heavy (non-hydrogen) atoms. The van der Waals surface area contributed by atoms with Crippen LogP contribution in [0.5, 0.6) is 0 Å². The topological polar surface area (TPSA) is 49.3 Å². The summed E-state index contributed by atoms with van der Waals surface area (Å²) in [5.41, 5.74) is -0.698. The molecule has 1 heterocycles. The SMILES string of the molecule is CS[C@@H](C)C1(C(=O)O)CCCCCN1. The van der Waals surface area contributed by atoms with Crippen LogP contribution in [0.15, 0.2) is 0 Å². The molecule has 0 aromatic heterocycles. The maximum absolute atomic E-state index is 11.4. The molecule has 1 unspecified atom stereocenters. The van der Waals surface area contributed by atoms with E-state index in [0.717, 1.165) is 32.2 Å². The van der Waals surface area contributed by atoms with Gasteiger partial charge in [-0.1, -0.05) is 19.8 Å². The number of nitrogens with one attached hydrogen (secondary N) is 1. The minimum Gasteiger partial charge on any atom is -0.480 e. The first-order valence-corrected chi connectivity index (χ1v) is 6.43. The van der Waals surface area contributed by atoms with Gasteiger partial charge in [0.05, 0.1) is 0 Å². The summed E-state index contributed by atoms with van der Waals surface area (Å²) >= 11 is 1.62. The molecule has 0 spiro atoms. The average molecular weight is 217 g/mol. The van der Waals surface area contributed by atoms with E-state index in [1.165, 1.54) is 0 Å². The largest absolute Gasteiger partial charge is 0.480 e. The molecule has 1 rings (SSSR count). The van der Waals surface area contributed by atoms with E-state index in [1.54, 1.807) is 11.8 Å². The summed E-state index contributed by atoms with van der Waals surface area (Å²) in [4.78, 5) is 11.4. The van der Waals surface area contributed by atoms with Crippen LogP contribution in [0.1, 0.15) is 32.6 Å². The lowest BCUT2D eigenvalue weighted by molar-refractivity contribution is -0.145. The highest BCUT2D eigenvalue weighted by atomic mass is 32.2. The Kier molecular flexibility index (Phi) is 4.26. The molecule has 0 saturated carbocycles. The number of hydrogen-bond acceptors (Lipinski definition) is 3. The standard InChI is InChI=1S/C10H19NO2S/c1-8(14-2)10(9(12)13)6-4-3-5-7-11-10/h8,11H,3-7H2,1-2H3,(H,12,13)/t8-,10?/m0/s1. The molecule has 3 nitrogen and oxygen atoms in total. The van der Waals surface area contributed by atoms with Crippen LogP contribution < -0.4 is 5.32 Å². The molecule has 1 aliphatic heterocycles. The minimum absolute atomic E-state index is 0.123. The highest BCUT2D eigenvalue weighted by Crippen LogP contribution is 2.29. The smallest absolute Gasteiger partial charge is 0.325 e. The number of carbonyl (C=O) groups is 1.